The molecule has 1 aliphatic rings. The van der Waals surface area contributed by atoms with Crippen molar-refractivity contribution in [1.82, 2.24) is 9.47 Å². The molecular weight excluding hydrogens is 286 g/mol. The number of carbonyl (C=O) groups excluding carboxylic acids is 1. The molecule has 2 N–H and O–H groups in total. The van der Waals surface area contributed by atoms with Gasteiger partial charge < -0.3 is 15.2 Å². The minimum absolute atomic E-state index is 0.236. The van der Waals surface area contributed by atoms with Crippen molar-refractivity contribution >= 4 is 16.8 Å². The number of nitrogens with two attached hydrogens (primary N) is 1. The summed E-state index contributed by atoms with van der Waals surface area (Å²) in [5, 5.41) is 1.23. The van der Waals surface area contributed by atoms with Gasteiger partial charge in [0.25, 0.3) is 0 Å². The summed E-state index contributed by atoms with van der Waals surface area (Å²) in [5.41, 5.74) is 9.38. The number of amides is 1. The van der Waals surface area contributed by atoms with Crippen LogP contribution in [0.4, 0.5) is 0 Å². The number of piperidine rings is 1. The van der Waals surface area contributed by atoms with Crippen molar-refractivity contribution in [2.75, 3.05) is 13.1 Å². The molecule has 1 aliphatic heterocycles. The predicted octanol–water partition coefficient (Wildman–Crippen LogP) is 2.85. The molecule has 0 aliphatic carbocycles. The van der Waals surface area contributed by atoms with E-state index in [1.165, 1.54) is 23.1 Å². The number of likely N-dealkylation sites (tertiary alicyclic amines) is 1. The van der Waals surface area contributed by atoms with Crippen molar-refractivity contribution in [2.24, 2.45) is 5.73 Å². The molecule has 4 heteroatoms. The molecule has 3 rings (SSSR count). The summed E-state index contributed by atoms with van der Waals surface area (Å²) in [4.78, 5) is 14.9. The van der Waals surface area contributed by atoms with Gasteiger partial charge in [0.05, 0.1) is 0 Å². The lowest BCUT2D eigenvalue weighted by atomic mass is 10.0. The van der Waals surface area contributed by atoms with E-state index in [1.807, 2.05) is 6.07 Å². The summed E-state index contributed by atoms with van der Waals surface area (Å²) in [5.74, 6) is 0.236. The highest BCUT2D eigenvalue weighted by Gasteiger charge is 2.24. The topological polar surface area (TPSA) is 51.3 Å². The van der Waals surface area contributed by atoms with E-state index in [0.717, 1.165) is 31.3 Å². The van der Waals surface area contributed by atoms with E-state index in [1.54, 1.807) is 0 Å². The van der Waals surface area contributed by atoms with Crippen LogP contribution in [0, 0.1) is 6.92 Å². The van der Waals surface area contributed by atoms with Gasteiger partial charge in [-0.25, -0.2) is 0 Å². The second-order valence-electron chi connectivity index (χ2n) is 6.64. The minimum Gasteiger partial charge on any atom is -0.338 e. The maximum atomic E-state index is 12.8. The van der Waals surface area contributed by atoms with Crippen LogP contribution in [0.25, 0.3) is 10.9 Å². The fraction of sp³-hybridized carbons (Fsp3) is 0.526. The Morgan fingerprint density at radius 3 is 2.83 bits per heavy atom. The van der Waals surface area contributed by atoms with Crippen molar-refractivity contribution in [3.8, 4) is 0 Å². The number of nitrogens with zero attached hydrogens (tertiary/aromatic N) is 2. The first-order valence-electron chi connectivity index (χ1n) is 8.69. The zero-order valence-corrected chi connectivity index (χ0v) is 14.2. The summed E-state index contributed by atoms with van der Waals surface area (Å²) in [6.07, 6.45) is 4.33. The van der Waals surface area contributed by atoms with Crippen molar-refractivity contribution in [3.05, 3.63) is 35.5 Å². The quantitative estimate of drug-likeness (QED) is 0.943. The van der Waals surface area contributed by atoms with E-state index in [-0.39, 0.29) is 5.91 Å². The van der Waals surface area contributed by atoms with Crippen LogP contribution in [0.5, 0.6) is 0 Å². The first-order valence-corrected chi connectivity index (χ1v) is 8.69. The SMILES string of the molecule is Cc1c(CCN)c2ccccc2n1CC(=O)N1CCCCC1C. The van der Waals surface area contributed by atoms with Crippen LogP contribution in [-0.2, 0) is 17.8 Å². The smallest absolute Gasteiger partial charge is 0.242 e. The number of carbonyl (C=O) groups is 1. The molecule has 23 heavy (non-hydrogen) atoms. The lowest BCUT2D eigenvalue weighted by Gasteiger charge is -2.33. The predicted molar refractivity (Wildman–Crippen MR) is 94.5 cm³/mol. The average molecular weight is 313 g/mol. The summed E-state index contributed by atoms with van der Waals surface area (Å²) >= 11 is 0. The molecule has 2 heterocycles. The molecule has 124 valence electrons. The van der Waals surface area contributed by atoms with E-state index in [9.17, 15) is 4.79 Å². The second-order valence-corrected chi connectivity index (χ2v) is 6.64. The summed E-state index contributed by atoms with van der Waals surface area (Å²) in [6, 6.07) is 8.70. The van der Waals surface area contributed by atoms with Gasteiger partial charge in [0, 0.05) is 29.2 Å². The number of hydrogen-bond acceptors (Lipinski definition) is 2. The number of rotatable bonds is 4. The van der Waals surface area contributed by atoms with Gasteiger partial charge >= 0.3 is 0 Å². The van der Waals surface area contributed by atoms with Crippen LogP contribution in [0.15, 0.2) is 24.3 Å². The van der Waals surface area contributed by atoms with E-state index >= 15 is 0 Å². The molecule has 2 aromatic rings. The highest BCUT2D eigenvalue weighted by atomic mass is 16.2. The molecule has 0 saturated carbocycles. The van der Waals surface area contributed by atoms with Crippen molar-refractivity contribution in [1.29, 1.82) is 0 Å². The third-order valence-corrected chi connectivity index (χ3v) is 5.17. The van der Waals surface area contributed by atoms with Gasteiger partial charge in [0.2, 0.25) is 5.91 Å². The van der Waals surface area contributed by atoms with E-state index in [0.29, 0.717) is 19.1 Å². The van der Waals surface area contributed by atoms with Crippen LogP contribution in [0.1, 0.15) is 37.4 Å². The summed E-state index contributed by atoms with van der Waals surface area (Å²) in [6.45, 7) is 6.23. The lowest BCUT2D eigenvalue weighted by Crippen LogP contribution is -2.43. The number of para-hydroxylation sites is 1. The number of aromatic nitrogens is 1. The Bertz CT molecular complexity index is 704. The Labute approximate surface area is 138 Å². The Hall–Kier alpha value is -1.81. The maximum Gasteiger partial charge on any atom is 0.242 e. The van der Waals surface area contributed by atoms with Crippen LogP contribution in [0.3, 0.4) is 0 Å². The van der Waals surface area contributed by atoms with Gasteiger partial charge in [-0.15, -0.1) is 0 Å². The highest BCUT2D eigenvalue weighted by molar-refractivity contribution is 5.87. The first kappa shape index (κ1) is 16.1. The van der Waals surface area contributed by atoms with E-state index in [2.05, 4.69) is 41.5 Å². The fourth-order valence-electron chi connectivity index (χ4n) is 3.86. The minimum atomic E-state index is 0.236. The Kier molecular flexibility index (Phi) is 4.71. The van der Waals surface area contributed by atoms with Crippen molar-refractivity contribution in [2.45, 2.75) is 52.1 Å². The largest absolute Gasteiger partial charge is 0.338 e. The average Bonchev–Trinajstić information content (AvgIpc) is 2.81. The van der Waals surface area contributed by atoms with Gasteiger partial charge in [-0.1, -0.05) is 18.2 Å². The molecule has 4 nitrogen and oxygen atoms in total. The molecule has 1 fully saturated rings. The van der Waals surface area contributed by atoms with Crippen LogP contribution in [-0.4, -0.2) is 34.5 Å². The molecule has 0 radical (unpaired) electrons. The maximum absolute atomic E-state index is 12.8. The summed E-state index contributed by atoms with van der Waals surface area (Å²) < 4.78 is 2.17. The zero-order chi connectivity index (χ0) is 16.4. The Morgan fingerprint density at radius 2 is 2.09 bits per heavy atom. The van der Waals surface area contributed by atoms with Crippen LogP contribution < -0.4 is 5.73 Å². The third-order valence-electron chi connectivity index (χ3n) is 5.17. The lowest BCUT2D eigenvalue weighted by molar-refractivity contribution is -0.135. The van der Waals surface area contributed by atoms with Crippen molar-refractivity contribution in [3.63, 3.8) is 0 Å². The van der Waals surface area contributed by atoms with E-state index in [4.69, 9.17) is 5.73 Å². The van der Waals surface area contributed by atoms with Gasteiger partial charge in [-0.05, 0) is 57.7 Å². The van der Waals surface area contributed by atoms with E-state index < -0.39 is 0 Å². The number of hydrogen-bond donors (Lipinski definition) is 1. The molecule has 1 aromatic heterocycles. The van der Waals surface area contributed by atoms with Crippen LogP contribution >= 0.6 is 0 Å². The summed E-state index contributed by atoms with van der Waals surface area (Å²) in [7, 11) is 0. The number of fused-ring (bicyclic) bond motifs is 1. The Morgan fingerprint density at radius 1 is 1.30 bits per heavy atom. The highest BCUT2D eigenvalue weighted by Crippen LogP contribution is 2.27. The van der Waals surface area contributed by atoms with Gasteiger partial charge in [0.1, 0.15) is 6.54 Å². The fourth-order valence-corrected chi connectivity index (χ4v) is 3.86. The molecule has 1 unspecified atom stereocenters. The molecular formula is C19H27N3O. The molecule has 0 bridgehead atoms. The number of benzene rings is 1. The first-order chi connectivity index (χ1) is 11.1. The molecule has 0 spiro atoms. The van der Waals surface area contributed by atoms with Gasteiger partial charge in [-0.2, -0.15) is 0 Å². The van der Waals surface area contributed by atoms with Crippen LogP contribution in [0.2, 0.25) is 0 Å². The molecule has 1 amide bonds. The standard InChI is InChI=1S/C19H27N3O/c1-14-7-5-6-12-21(14)19(23)13-22-15(2)16(10-11-20)17-8-3-4-9-18(17)22/h3-4,8-9,14H,5-7,10-13,20H2,1-2H3. The zero-order valence-electron chi connectivity index (χ0n) is 14.2. The molecule has 1 atom stereocenters. The normalized spacial score (nSPS) is 18.6. The van der Waals surface area contributed by atoms with Gasteiger partial charge in [-0.3, -0.25) is 4.79 Å². The van der Waals surface area contributed by atoms with Gasteiger partial charge in [0.15, 0.2) is 0 Å². The van der Waals surface area contributed by atoms with Crippen molar-refractivity contribution < 1.29 is 4.79 Å². The molecule has 1 saturated heterocycles. The third kappa shape index (κ3) is 3.00. The second kappa shape index (κ2) is 6.75. The monoisotopic (exact) mass is 313 g/mol. The Balaban J connectivity index is 1.93. The molecule has 1 aromatic carbocycles.